The molecule has 0 bridgehead atoms. The first kappa shape index (κ1) is 12.5. The third kappa shape index (κ3) is 2.44. The number of nitrogen functional groups attached to an aromatic ring is 1. The standard InChI is InChI=1S/C15H22N4/c1-11-13(16)8-10-15-18-17-14(19(11)15)9-7-12-5-3-2-4-6-12/h8,10,12H,2-7,9,16H2,1H3. The van der Waals surface area contributed by atoms with Crippen molar-refractivity contribution in [2.24, 2.45) is 5.92 Å². The van der Waals surface area contributed by atoms with Crippen LogP contribution < -0.4 is 5.73 Å². The molecule has 2 N–H and O–H groups in total. The summed E-state index contributed by atoms with van der Waals surface area (Å²) >= 11 is 0. The maximum Gasteiger partial charge on any atom is 0.161 e. The minimum absolute atomic E-state index is 0.811. The van der Waals surface area contributed by atoms with Gasteiger partial charge in [0.15, 0.2) is 5.65 Å². The average Bonchev–Trinajstić information content (AvgIpc) is 2.86. The molecule has 1 aliphatic rings. The van der Waals surface area contributed by atoms with E-state index in [1.807, 2.05) is 19.1 Å². The van der Waals surface area contributed by atoms with Crippen LogP contribution in [0.5, 0.6) is 0 Å². The molecular formula is C15H22N4. The number of hydrogen-bond donors (Lipinski definition) is 1. The second-order valence-corrected chi connectivity index (χ2v) is 5.73. The van der Waals surface area contributed by atoms with Crippen LogP contribution in [0.4, 0.5) is 5.69 Å². The van der Waals surface area contributed by atoms with Crippen molar-refractivity contribution in [1.82, 2.24) is 14.6 Å². The van der Waals surface area contributed by atoms with Gasteiger partial charge in [0.05, 0.1) is 5.69 Å². The Morgan fingerprint density at radius 2 is 2.00 bits per heavy atom. The molecule has 1 saturated carbocycles. The van der Waals surface area contributed by atoms with Crippen molar-refractivity contribution >= 4 is 11.3 Å². The molecule has 0 spiro atoms. The molecule has 0 saturated heterocycles. The average molecular weight is 258 g/mol. The smallest absolute Gasteiger partial charge is 0.161 e. The first-order valence-corrected chi connectivity index (χ1v) is 7.35. The molecule has 3 rings (SSSR count). The van der Waals surface area contributed by atoms with E-state index in [2.05, 4.69) is 14.6 Å². The Kier molecular flexibility index (Phi) is 3.40. The highest BCUT2D eigenvalue weighted by molar-refractivity contribution is 5.52. The molecule has 0 aliphatic heterocycles. The Labute approximate surface area is 114 Å². The summed E-state index contributed by atoms with van der Waals surface area (Å²) in [6.45, 7) is 2.04. The zero-order valence-electron chi connectivity index (χ0n) is 11.6. The number of aromatic nitrogens is 3. The number of hydrogen-bond acceptors (Lipinski definition) is 3. The van der Waals surface area contributed by atoms with Crippen molar-refractivity contribution in [2.75, 3.05) is 5.73 Å². The summed E-state index contributed by atoms with van der Waals surface area (Å²) in [7, 11) is 0. The van der Waals surface area contributed by atoms with E-state index < -0.39 is 0 Å². The van der Waals surface area contributed by atoms with Gasteiger partial charge in [-0.25, -0.2) is 0 Å². The molecule has 102 valence electrons. The lowest BCUT2D eigenvalue weighted by atomic mass is 9.86. The topological polar surface area (TPSA) is 56.2 Å². The first-order valence-electron chi connectivity index (χ1n) is 7.35. The third-order valence-electron chi connectivity index (χ3n) is 4.42. The van der Waals surface area contributed by atoms with Gasteiger partial charge in [-0.3, -0.25) is 4.40 Å². The van der Waals surface area contributed by atoms with Crippen LogP contribution >= 0.6 is 0 Å². The van der Waals surface area contributed by atoms with Crippen LogP contribution in [0.2, 0.25) is 0 Å². The molecule has 0 unspecified atom stereocenters. The van der Waals surface area contributed by atoms with E-state index in [4.69, 9.17) is 5.73 Å². The van der Waals surface area contributed by atoms with Gasteiger partial charge in [0.1, 0.15) is 5.82 Å². The van der Waals surface area contributed by atoms with E-state index in [1.165, 1.54) is 38.5 Å². The van der Waals surface area contributed by atoms with Crippen LogP contribution in [0.3, 0.4) is 0 Å². The minimum atomic E-state index is 0.811. The third-order valence-corrected chi connectivity index (χ3v) is 4.42. The van der Waals surface area contributed by atoms with Crippen LogP contribution in [0, 0.1) is 12.8 Å². The largest absolute Gasteiger partial charge is 0.397 e. The van der Waals surface area contributed by atoms with E-state index in [-0.39, 0.29) is 0 Å². The Morgan fingerprint density at radius 1 is 1.21 bits per heavy atom. The van der Waals surface area contributed by atoms with Gasteiger partial charge in [0.2, 0.25) is 0 Å². The molecule has 2 aromatic heterocycles. The lowest BCUT2D eigenvalue weighted by molar-refractivity contribution is 0.337. The molecule has 0 atom stereocenters. The summed E-state index contributed by atoms with van der Waals surface area (Å²) in [5.74, 6) is 1.94. The number of anilines is 1. The fourth-order valence-corrected chi connectivity index (χ4v) is 3.19. The monoisotopic (exact) mass is 258 g/mol. The first-order chi connectivity index (χ1) is 9.25. The highest BCUT2D eigenvalue weighted by Crippen LogP contribution is 2.27. The summed E-state index contributed by atoms with van der Waals surface area (Å²) in [4.78, 5) is 0. The number of nitrogens with two attached hydrogens (primary N) is 1. The highest BCUT2D eigenvalue weighted by atomic mass is 15.2. The summed E-state index contributed by atoms with van der Waals surface area (Å²) in [6.07, 6.45) is 9.23. The summed E-state index contributed by atoms with van der Waals surface area (Å²) in [5.41, 5.74) is 8.75. The summed E-state index contributed by atoms with van der Waals surface area (Å²) in [6, 6.07) is 3.85. The van der Waals surface area contributed by atoms with E-state index in [0.29, 0.717) is 0 Å². The second kappa shape index (κ2) is 5.19. The van der Waals surface area contributed by atoms with Crippen LogP contribution in [-0.4, -0.2) is 14.6 Å². The number of nitrogens with zero attached hydrogens (tertiary/aromatic N) is 3. The fourth-order valence-electron chi connectivity index (χ4n) is 3.19. The van der Waals surface area contributed by atoms with Gasteiger partial charge in [0, 0.05) is 12.1 Å². The predicted molar refractivity (Wildman–Crippen MR) is 77.0 cm³/mol. The second-order valence-electron chi connectivity index (χ2n) is 5.73. The molecule has 0 radical (unpaired) electrons. The molecule has 2 heterocycles. The SMILES string of the molecule is Cc1c(N)ccc2nnc(CCC3CCCCC3)n12. The van der Waals surface area contributed by atoms with E-state index in [1.54, 1.807) is 0 Å². The molecule has 0 aromatic carbocycles. The van der Waals surface area contributed by atoms with Crippen molar-refractivity contribution in [3.8, 4) is 0 Å². The van der Waals surface area contributed by atoms with Gasteiger partial charge < -0.3 is 5.73 Å². The normalized spacial score (nSPS) is 17.1. The maximum absolute atomic E-state index is 5.98. The molecule has 1 aliphatic carbocycles. The van der Waals surface area contributed by atoms with Crippen LogP contribution in [0.15, 0.2) is 12.1 Å². The molecule has 19 heavy (non-hydrogen) atoms. The molecule has 0 amide bonds. The number of rotatable bonds is 3. The van der Waals surface area contributed by atoms with Gasteiger partial charge in [-0.05, 0) is 31.4 Å². The molecule has 4 heteroatoms. The van der Waals surface area contributed by atoms with Crippen LogP contribution in [-0.2, 0) is 6.42 Å². The predicted octanol–water partition coefficient (Wildman–Crippen LogP) is 3.13. The van der Waals surface area contributed by atoms with Crippen LogP contribution in [0.1, 0.15) is 50.0 Å². The van der Waals surface area contributed by atoms with E-state index in [0.717, 1.165) is 35.2 Å². The molecule has 4 nitrogen and oxygen atoms in total. The van der Waals surface area contributed by atoms with Crippen LogP contribution in [0.25, 0.3) is 5.65 Å². The quantitative estimate of drug-likeness (QED) is 0.920. The Balaban J connectivity index is 1.79. The Hall–Kier alpha value is -1.58. The van der Waals surface area contributed by atoms with Crippen molar-refractivity contribution in [1.29, 1.82) is 0 Å². The van der Waals surface area contributed by atoms with E-state index in [9.17, 15) is 0 Å². The number of aryl methyl sites for hydroxylation is 2. The summed E-state index contributed by atoms with van der Waals surface area (Å²) < 4.78 is 2.11. The highest BCUT2D eigenvalue weighted by Gasteiger charge is 2.15. The van der Waals surface area contributed by atoms with Crippen molar-refractivity contribution in [3.05, 3.63) is 23.7 Å². The molecule has 2 aromatic rings. The van der Waals surface area contributed by atoms with Gasteiger partial charge in [-0.2, -0.15) is 0 Å². The van der Waals surface area contributed by atoms with Crippen molar-refractivity contribution in [2.45, 2.75) is 51.9 Å². The van der Waals surface area contributed by atoms with Gasteiger partial charge in [-0.1, -0.05) is 32.1 Å². The Bertz CT molecular complexity index is 567. The minimum Gasteiger partial charge on any atom is -0.397 e. The van der Waals surface area contributed by atoms with Crippen molar-refractivity contribution in [3.63, 3.8) is 0 Å². The number of fused-ring (bicyclic) bond motifs is 1. The van der Waals surface area contributed by atoms with Crippen molar-refractivity contribution < 1.29 is 0 Å². The lowest BCUT2D eigenvalue weighted by Gasteiger charge is -2.20. The van der Waals surface area contributed by atoms with Gasteiger partial charge in [-0.15, -0.1) is 10.2 Å². The zero-order valence-corrected chi connectivity index (χ0v) is 11.6. The fraction of sp³-hybridized carbons (Fsp3) is 0.600. The number of pyridine rings is 1. The summed E-state index contributed by atoms with van der Waals surface area (Å²) in [5, 5.41) is 8.58. The zero-order chi connectivity index (χ0) is 13.2. The van der Waals surface area contributed by atoms with Gasteiger partial charge >= 0.3 is 0 Å². The van der Waals surface area contributed by atoms with E-state index >= 15 is 0 Å². The maximum atomic E-state index is 5.98. The Morgan fingerprint density at radius 3 is 2.79 bits per heavy atom. The van der Waals surface area contributed by atoms with Gasteiger partial charge in [0.25, 0.3) is 0 Å². The lowest BCUT2D eigenvalue weighted by Crippen LogP contribution is -2.09. The molecule has 1 fully saturated rings. The molecular weight excluding hydrogens is 236 g/mol.